The Balaban J connectivity index is 3.62. The van der Waals surface area contributed by atoms with E-state index in [1.807, 2.05) is 0 Å². The van der Waals surface area contributed by atoms with Gasteiger partial charge in [-0.3, -0.25) is 9.59 Å². The lowest BCUT2D eigenvalue weighted by molar-refractivity contribution is 0.0999. The zero-order chi connectivity index (χ0) is 12.5. The summed E-state index contributed by atoms with van der Waals surface area (Å²) in [6, 6.07) is 0.972. The Kier molecular flexibility index (Phi) is 3.88. The van der Waals surface area contributed by atoms with Gasteiger partial charge >= 0.3 is 0 Å². The lowest BCUT2D eigenvalue weighted by atomic mass is 10.1. The minimum atomic E-state index is -1.04. The van der Waals surface area contributed by atoms with Crippen LogP contribution in [0.1, 0.15) is 20.7 Å². The van der Waals surface area contributed by atoms with Gasteiger partial charge in [0.2, 0.25) is 5.91 Å². The van der Waals surface area contributed by atoms with Crippen molar-refractivity contribution in [1.29, 1.82) is 0 Å². The highest BCUT2D eigenvalue weighted by molar-refractivity contribution is 9.10. The van der Waals surface area contributed by atoms with E-state index < -0.39 is 22.5 Å². The van der Waals surface area contributed by atoms with Crippen molar-refractivity contribution in [3.8, 4) is 5.75 Å². The smallest absolute Gasteiger partial charge is 0.255 e. The predicted octanol–water partition coefficient (Wildman–Crippen LogP) is 2.07. The van der Waals surface area contributed by atoms with Gasteiger partial charge in [0.15, 0.2) is 11.6 Å². The van der Waals surface area contributed by atoms with E-state index >= 15 is 0 Å². The average molecular weight is 311 g/mol. The predicted molar refractivity (Wildman–Crippen MR) is 59.4 cm³/mol. The van der Waals surface area contributed by atoms with Crippen molar-refractivity contribution in [3.63, 3.8) is 0 Å². The molecule has 0 aliphatic carbocycles. The fraction of sp³-hybridized carbons (Fsp3) is 0.111. The van der Waals surface area contributed by atoms with Gasteiger partial charge in [-0.25, -0.2) is 4.39 Å². The Morgan fingerprint density at radius 2 is 2.06 bits per heavy atom. The zero-order valence-electron chi connectivity index (χ0n) is 8.01. The average Bonchev–Trinajstić information content (AvgIpc) is 2.17. The summed E-state index contributed by atoms with van der Waals surface area (Å²) in [5, 5.41) is -1.04. The molecule has 16 heavy (non-hydrogen) atoms. The Morgan fingerprint density at radius 3 is 2.44 bits per heavy atom. The zero-order valence-corrected chi connectivity index (χ0v) is 10.4. The molecule has 7 heteroatoms. The molecule has 0 heterocycles. The topological polar surface area (TPSA) is 69.4 Å². The molecule has 2 N–H and O–H groups in total. The second kappa shape index (κ2) is 4.80. The Bertz CT molecular complexity index is 440. The van der Waals surface area contributed by atoms with Gasteiger partial charge in [-0.15, -0.1) is 0 Å². The largest absolute Gasteiger partial charge is 0.492 e. The Hall–Kier alpha value is -1.14. The van der Waals surface area contributed by atoms with Crippen molar-refractivity contribution in [2.45, 2.75) is 0 Å². The first-order chi connectivity index (χ1) is 7.40. The van der Waals surface area contributed by atoms with Gasteiger partial charge in [-0.1, -0.05) is 0 Å². The number of ether oxygens (including phenoxy) is 1. The second-order valence-electron chi connectivity index (χ2n) is 2.77. The normalized spacial score (nSPS) is 10.0. The number of primary amides is 1. The molecule has 86 valence electrons. The molecule has 0 atom stereocenters. The molecule has 1 aromatic carbocycles. The number of carbonyl (C=O) groups excluding carboxylic acids is 2. The van der Waals surface area contributed by atoms with Gasteiger partial charge in [0, 0.05) is 0 Å². The number of benzene rings is 1. The Morgan fingerprint density at radius 1 is 1.50 bits per heavy atom. The first-order valence-corrected chi connectivity index (χ1v) is 5.12. The molecule has 0 aliphatic heterocycles. The van der Waals surface area contributed by atoms with E-state index in [-0.39, 0.29) is 15.8 Å². The lowest BCUT2D eigenvalue weighted by Crippen LogP contribution is -2.14. The van der Waals surface area contributed by atoms with E-state index in [9.17, 15) is 14.0 Å². The van der Waals surface area contributed by atoms with E-state index in [1.165, 1.54) is 7.11 Å². The summed E-state index contributed by atoms with van der Waals surface area (Å²) in [6.45, 7) is 0. The van der Waals surface area contributed by atoms with Gasteiger partial charge in [0.1, 0.15) is 0 Å². The number of halogens is 3. The molecular weight excluding hydrogens is 304 g/mol. The molecule has 1 aromatic rings. The van der Waals surface area contributed by atoms with Crippen LogP contribution in [0, 0.1) is 5.82 Å². The molecule has 4 nitrogen and oxygen atoms in total. The summed E-state index contributed by atoms with van der Waals surface area (Å²) in [5.41, 5.74) is 4.51. The number of nitrogens with two attached hydrogens (primary N) is 1. The summed E-state index contributed by atoms with van der Waals surface area (Å²) in [7, 11) is 1.19. The summed E-state index contributed by atoms with van der Waals surface area (Å²) >= 11 is 8.12. The highest BCUT2D eigenvalue weighted by atomic mass is 79.9. The molecular formula is C9H6BrClFNO3. The SMILES string of the molecule is COc1c(F)c(C(=O)Cl)cc(C(N)=O)c1Br. The highest BCUT2D eigenvalue weighted by Crippen LogP contribution is 2.34. The van der Waals surface area contributed by atoms with E-state index in [1.54, 1.807) is 0 Å². The number of carbonyl (C=O) groups is 2. The van der Waals surface area contributed by atoms with Crippen molar-refractivity contribution in [2.75, 3.05) is 7.11 Å². The van der Waals surface area contributed by atoms with Gasteiger partial charge in [-0.2, -0.15) is 0 Å². The maximum Gasteiger partial charge on any atom is 0.255 e. The number of hydrogen-bond acceptors (Lipinski definition) is 3. The van der Waals surface area contributed by atoms with Crippen LogP contribution >= 0.6 is 27.5 Å². The maximum absolute atomic E-state index is 13.6. The highest BCUT2D eigenvalue weighted by Gasteiger charge is 2.22. The van der Waals surface area contributed by atoms with E-state index in [2.05, 4.69) is 15.9 Å². The van der Waals surface area contributed by atoms with E-state index in [4.69, 9.17) is 22.1 Å². The van der Waals surface area contributed by atoms with Crippen LogP contribution in [0.3, 0.4) is 0 Å². The molecule has 0 unspecified atom stereocenters. The van der Waals surface area contributed by atoms with Crippen LogP contribution in [-0.2, 0) is 0 Å². The number of methoxy groups -OCH3 is 1. The molecule has 0 radical (unpaired) electrons. The van der Waals surface area contributed by atoms with Crippen molar-refractivity contribution in [3.05, 3.63) is 27.5 Å². The minimum absolute atomic E-state index is 0.0432. The molecule has 1 rings (SSSR count). The van der Waals surface area contributed by atoms with E-state index in [0.29, 0.717) is 0 Å². The van der Waals surface area contributed by atoms with Gasteiger partial charge in [-0.05, 0) is 33.6 Å². The van der Waals surface area contributed by atoms with Crippen LogP contribution in [-0.4, -0.2) is 18.3 Å². The molecule has 0 bridgehead atoms. The van der Waals surface area contributed by atoms with Gasteiger partial charge < -0.3 is 10.5 Å². The monoisotopic (exact) mass is 309 g/mol. The van der Waals surface area contributed by atoms with Crippen LogP contribution in [0.25, 0.3) is 0 Å². The summed E-state index contributed by atoms with van der Waals surface area (Å²) in [5.74, 6) is -2.07. The lowest BCUT2D eigenvalue weighted by Gasteiger charge is -2.10. The minimum Gasteiger partial charge on any atom is -0.492 e. The van der Waals surface area contributed by atoms with E-state index in [0.717, 1.165) is 6.07 Å². The second-order valence-corrected chi connectivity index (χ2v) is 3.91. The molecule has 1 amide bonds. The van der Waals surface area contributed by atoms with Gasteiger partial charge in [0.25, 0.3) is 5.24 Å². The van der Waals surface area contributed by atoms with Gasteiger partial charge in [0.05, 0.1) is 22.7 Å². The summed E-state index contributed by atoms with van der Waals surface area (Å²) < 4.78 is 18.4. The third-order valence-corrected chi connectivity index (χ3v) is 2.83. The number of rotatable bonds is 3. The maximum atomic E-state index is 13.6. The Labute approximate surface area is 104 Å². The third kappa shape index (κ3) is 2.17. The van der Waals surface area contributed by atoms with Crippen LogP contribution in [0.4, 0.5) is 4.39 Å². The standard InChI is InChI=1S/C9H6BrClFNO3/c1-16-7-5(10)3(9(13)15)2-4(6(7)12)8(11)14/h2H,1H3,(H2,13,15). The molecule has 0 spiro atoms. The van der Waals surface area contributed by atoms with Crippen LogP contribution in [0.5, 0.6) is 5.75 Å². The molecule has 0 saturated carbocycles. The fourth-order valence-electron chi connectivity index (χ4n) is 1.11. The molecule has 0 fully saturated rings. The number of hydrogen-bond donors (Lipinski definition) is 1. The third-order valence-electron chi connectivity index (χ3n) is 1.84. The van der Waals surface area contributed by atoms with Crippen LogP contribution in [0.15, 0.2) is 10.5 Å². The quantitative estimate of drug-likeness (QED) is 0.869. The van der Waals surface area contributed by atoms with Crippen molar-refractivity contribution in [1.82, 2.24) is 0 Å². The van der Waals surface area contributed by atoms with Crippen LogP contribution in [0.2, 0.25) is 0 Å². The summed E-state index contributed by atoms with van der Waals surface area (Å²) in [4.78, 5) is 22.0. The molecule has 0 aromatic heterocycles. The van der Waals surface area contributed by atoms with Crippen molar-refractivity contribution < 1.29 is 18.7 Å². The fourth-order valence-corrected chi connectivity index (χ4v) is 1.90. The summed E-state index contributed by atoms with van der Waals surface area (Å²) in [6.07, 6.45) is 0. The first-order valence-electron chi connectivity index (χ1n) is 3.95. The van der Waals surface area contributed by atoms with Crippen molar-refractivity contribution >= 4 is 38.7 Å². The number of amides is 1. The van der Waals surface area contributed by atoms with Crippen LogP contribution < -0.4 is 10.5 Å². The first kappa shape index (κ1) is 12.9. The molecule has 0 saturated heterocycles. The van der Waals surface area contributed by atoms with Crippen molar-refractivity contribution in [2.24, 2.45) is 5.73 Å². The molecule has 0 aliphatic rings.